The van der Waals surface area contributed by atoms with Crippen molar-refractivity contribution in [1.82, 2.24) is 0 Å². The monoisotopic (exact) mass is 160 g/mol. The summed E-state index contributed by atoms with van der Waals surface area (Å²) in [6, 6.07) is 0. The highest BCUT2D eigenvalue weighted by Crippen LogP contribution is 2.21. The summed E-state index contributed by atoms with van der Waals surface area (Å²) in [6.07, 6.45) is -0.356. The number of aliphatic hydroxyl groups excluding tert-OH is 3. The maximum Gasteiger partial charge on any atom is 0.221 e. The van der Waals surface area contributed by atoms with Crippen LogP contribution in [0.15, 0.2) is 23.7 Å². The van der Waals surface area contributed by atoms with Crippen molar-refractivity contribution in [3.63, 3.8) is 0 Å². The zero-order chi connectivity index (χ0) is 8.65. The molecule has 0 aliphatic heterocycles. The molecule has 0 radical (unpaired) electrons. The van der Waals surface area contributed by atoms with Gasteiger partial charge < -0.3 is 25.5 Å². The van der Waals surface area contributed by atoms with Gasteiger partial charge in [0, 0.05) is 12.2 Å². The van der Waals surface area contributed by atoms with Crippen LogP contribution in [0.3, 0.4) is 0 Å². The summed E-state index contributed by atoms with van der Waals surface area (Å²) in [6.45, 7) is 0. The van der Waals surface area contributed by atoms with Gasteiger partial charge in [0.15, 0.2) is 6.10 Å². The third kappa shape index (κ3) is 1.35. The Morgan fingerprint density at radius 2 is 1.82 bits per heavy atom. The van der Waals surface area contributed by atoms with Crippen molar-refractivity contribution >= 4 is 0 Å². The topological polar surface area (TPSA) is 101 Å². The Morgan fingerprint density at radius 1 is 1.27 bits per heavy atom. The minimum Gasteiger partial charge on any atom is -0.509 e. The third-order valence-electron chi connectivity index (χ3n) is 1.34. The van der Waals surface area contributed by atoms with Crippen molar-refractivity contribution in [2.24, 2.45) is 0 Å². The van der Waals surface area contributed by atoms with Crippen LogP contribution in [0.2, 0.25) is 0 Å². The average molecular weight is 160 g/mol. The standard InChI is InChI=1S/C6H8O5/c7-3-1-4(8)5(9)6(10,11)2-3/h1-2,5,7-11H. The van der Waals surface area contributed by atoms with Gasteiger partial charge in [-0.1, -0.05) is 0 Å². The van der Waals surface area contributed by atoms with Gasteiger partial charge >= 0.3 is 0 Å². The number of aliphatic hydroxyl groups is 5. The maximum atomic E-state index is 8.85. The highest BCUT2D eigenvalue weighted by Gasteiger charge is 2.37. The largest absolute Gasteiger partial charge is 0.509 e. The molecule has 1 unspecified atom stereocenters. The van der Waals surface area contributed by atoms with Gasteiger partial charge in [-0.3, -0.25) is 0 Å². The van der Waals surface area contributed by atoms with Gasteiger partial charge in [-0.15, -0.1) is 0 Å². The van der Waals surface area contributed by atoms with E-state index in [0.717, 1.165) is 6.08 Å². The molecule has 0 aromatic carbocycles. The van der Waals surface area contributed by atoms with Gasteiger partial charge in [0.25, 0.3) is 0 Å². The predicted molar refractivity (Wildman–Crippen MR) is 34.6 cm³/mol. The summed E-state index contributed by atoms with van der Waals surface area (Å²) in [5.74, 6) is -3.78. The average Bonchev–Trinajstić information content (AvgIpc) is 1.81. The minimum atomic E-state index is -2.59. The molecule has 1 aliphatic carbocycles. The molecule has 0 aromatic heterocycles. The second-order valence-electron chi connectivity index (χ2n) is 2.32. The molecular formula is C6H8O5. The molecular weight excluding hydrogens is 152 g/mol. The van der Waals surface area contributed by atoms with Gasteiger partial charge in [0.1, 0.15) is 11.5 Å². The summed E-state index contributed by atoms with van der Waals surface area (Å²) in [4.78, 5) is 0. The lowest BCUT2D eigenvalue weighted by Gasteiger charge is -2.26. The molecule has 62 valence electrons. The van der Waals surface area contributed by atoms with Crippen LogP contribution in [0.5, 0.6) is 0 Å². The van der Waals surface area contributed by atoms with E-state index in [1.54, 1.807) is 0 Å². The lowest BCUT2D eigenvalue weighted by Crippen LogP contribution is -2.43. The zero-order valence-corrected chi connectivity index (χ0v) is 5.47. The van der Waals surface area contributed by atoms with E-state index in [9.17, 15) is 0 Å². The minimum absolute atomic E-state index is 0.502. The Hall–Kier alpha value is -1.04. The number of rotatable bonds is 0. The molecule has 5 heteroatoms. The van der Waals surface area contributed by atoms with Crippen molar-refractivity contribution in [3.05, 3.63) is 23.7 Å². The summed E-state index contributed by atoms with van der Waals surface area (Å²) in [5.41, 5.74) is 0. The van der Waals surface area contributed by atoms with Gasteiger partial charge in [-0.25, -0.2) is 0 Å². The summed E-state index contributed by atoms with van der Waals surface area (Å²) >= 11 is 0. The molecule has 0 fully saturated rings. The molecule has 1 aliphatic rings. The van der Waals surface area contributed by atoms with Crippen LogP contribution >= 0.6 is 0 Å². The van der Waals surface area contributed by atoms with E-state index in [4.69, 9.17) is 25.5 Å². The molecule has 1 rings (SSSR count). The Balaban J connectivity index is 3.01. The molecule has 0 saturated carbocycles. The van der Waals surface area contributed by atoms with E-state index in [1.165, 1.54) is 0 Å². The maximum absolute atomic E-state index is 8.85. The SMILES string of the molecule is OC1=CC(O)(O)C(O)C(O)=C1. The van der Waals surface area contributed by atoms with Crippen molar-refractivity contribution in [1.29, 1.82) is 0 Å². The van der Waals surface area contributed by atoms with Crippen molar-refractivity contribution in [3.8, 4) is 0 Å². The molecule has 0 bridgehead atoms. The fourth-order valence-electron chi connectivity index (χ4n) is 0.786. The highest BCUT2D eigenvalue weighted by molar-refractivity contribution is 5.27. The summed E-state index contributed by atoms with van der Waals surface area (Å²) in [5, 5.41) is 44.1. The first-order valence-electron chi connectivity index (χ1n) is 2.88. The molecule has 0 amide bonds. The molecule has 0 aromatic rings. The van der Waals surface area contributed by atoms with Crippen LogP contribution in [0, 0.1) is 0 Å². The van der Waals surface area contributed by atoms with Crippen LogP contribution in [0.1, 0.15) is 0 Å². The van der Waals surface area contributed by atoms with Crippen LogP contribution < -0.4 is 0 Å². The lowest BCUT2D eigenvalue weighted by atomic mass is 10.0. The van der Waals surface area contributed by atoms with Gasteiger partial charge in [-0.05, 0) is 0 Å². The molecule has 0 saturated heterocycles. The molecule has 0 spiro atoms. The van der Waals surface area contributed by atoms with Crippen LogP contribution in [-0.4, -0.2) is 37.4 Å². The van der Waals surface area contributed by atoms with E-state index in [1.807, 2.05) is 0 Å². The number of hydrogen-bond donors (Lipinski definition) is 5. The van der Waals surface area contributed by atoms with Gasteiger partial charge in [0.2, 0.25) is 5.79 Å². The first-order chi connectivity index (χ1) is 4.93. The van der Waals surface area contributed by atoms with E-state index in [-0.39, 0.29) is 0 Å². The van der Waals surface area contributed by atoms with Crippen LogP contribution in [0.4, 0.5) is 0 Å². The lowest BCUT2D eigenvalue weighted by molar-refractivity contribution is -0.187. The van der Waals surface area contributed by atoms with Gasteiger partial charge in [0.05, 0.1) is 0 Å². The fourth-order valence-corrected chi connectivity index (χ4v) is 0.786. The van der Waals surface area contributed by atoms with Crippen molar-refractivity contribution in [2.45, 2.75) is 11.9 Å². The first-order valence-corrected chi connectivity index (χ1v) is 2.88. The number of allylic oxidation sites excluding steroid dienone is 1. The second-order valence-corrected chi connectivity index (χ2v) is 2.32. The molecule has 5 N–H and O–H groups in total. The Bertz CT molecular complexity index is 227. The smallest absolute Gasteiger partial charge is 0.221 e. The fraction of sp³-hybridized carbons (Fsp3) is 0.333. The van der Waals surface area contributed by atoms with E-state index in [2.05, 4.69) is 0 Å². The second kappa shape index (κ2) is 2.23. The zero-order valence-electron chi connectivity index (χ0n) is 5.47. The van der Waals surface area contributed by atoms with Crippen LogP contribution in [-0.2, 0) is 0 Å². The van der Waals surface area contributed by atoms with E-state index in [0.29, 0.717) is 6.08 Å². The van der Waals surface area contributed by atoms with E-state index < -0.39 is 23.4 Å². The highest BCUT2D eigenvalue weighted by atomic mass is 16.5. The Morgan fingerprint density at radius 3 is 2.27 bits per heavy atom. The number of hydrogen-bond acceptors (Lipinski definition) is 5. The first kappa shape index (κ1) is 8.06. The van der Waals surface area contributed by atoms with Gasteiger partial charge in [-0.2, -0.15) is 0 Å². The predicted octanol–water partition coefficient (Wildman–Crippen LogP) is -1.07. The molecule has 0 heterocycles. The van der Waals surface area contributed by atoms with Crippen molar-refractivity contribution in [2.75, 3.05) is 0 Å². The summed E-state index contributed by atoms with van der Waals surface area (Å²) < 4.78 is 0. The quantitative estimate of drug-likeness (QED) is 0.290. The van der Waals surface area contributed by atoms with Crippen LogP contribution in [0.25, 0.3) is 0 Å². The molecule has 11 heavy (non-hydrogen) atoms. The molecule has 1 atom stereocenters. The Labute approximate surface area is 62.2 Å². The Kier molecular flexibility index (Phi) is 1.63. The van der Waals surface area contributed by atoms with E-state index >= 15 is 0 Å². The van der Waals surface area contributed by atoms with Crippen molar-refractivity contribution < 1.29 is 25.5 Å². The normalized spacial score (nSPS) is 29.2. The third-order valence-corrected chi connectivity index (χ3v) is 1.34. The summed E-state index contributed by atoms with van der Waals surface area (Å²) in [7, 11) is 0. The molecule has 5 nitrogen and oxygen atoms in total.